The molecule has 7 nitrogen and oxygen atoms in total. The van der Waals surface area contributed by atoms with Crippen molar-refractivity contribution in [2.45, 2.75) is 13.0 Å². The highest BCUT2D eigenvalue weighted by molar-refractivity contribution is 6.01. The van der Waals surface area contributed by atoms with Crippen molar-refractivity contribution in [3.8, 4) is 17.1 Å². The molecule has 1 atom stereocenters. The molecule has 0 saturated carbocycles. The van der Waals surface area contributed by atoms with Crippen molar-refractivity contribution in [2.24, 2.45) is 0 Å². The molecular formula is C26H21FN4O3. The fraction of sp³-hybridized carbons (Fsp3) is 0.115. The van der Waals surface area contributed by atoms with Gasteiger partial charge in [0.25, 0.3) is 5.89 Å². The normalized spacial score (nSPS) is 15.9. The Labute approximate surface area is 195 Å². The van der Waals surface area contributed by atoms with E-state index in [4.69, 9.17) is 9.26 Å². The van der Waals surface area contributed by atoms with E-state index in [0.717, 1.165) is 5.56 Å². The summed E-state index contributed by atoms with van der Waals surface area (Å²) in [5.41, 5.74) is 3.31. The maximum atomic E-state index is 13.7. The molecule has 2 amide bonds. The molecule has 4 aromatic rings. The first-order chi connectivity index (χ1) is 16.5. The Balaban J connectivity index is 1.64. The number of hydrogen-bond donors (Lipinski definition) is 1. The summed E-state index contributed by atoms with van der Waals surface area (Å²) in [7, 11) is 1.59. The van der Waals surface area contributed by atoms with Crippen LogP contribution in [0.15, 0.2) is 89.1 Å². The molecule has 1 N–H and O–H groups in total. The third-order valence-electron chi connectivity index (χ3n) is 5.69. The number of halogens is 1. The van der Waals surface area contributed by atoms with Crippen LogP contribution in [-0.4, -0.2) is 23.3 Å². The number of anilines is 1. The van der Waals surface area contributed by atoms with Crippen LogP contribution in [0.25, 0.3) is 17.0 Å². The molecule has 170 valence electrons. The number of amides is 2. The molecule has 0 saturated heterocycles. The van der Waals surface area contributed by atoms with Gasteiger partial charge in [-0.15, -0.1) is 0 Å². The number of rotatable bonds is 5. The van der Waals surface area contributed by atoms with Gasteiger partial charge in [-0.1, -0.05) is 47.6 Å². The Hall–Kier alpha value is -4.46. The van der Waals surface area contributed by atoms with Gasteiger partial charge in [-0.2, -0.15) is 4.98 Å². The van der Waals surface area contributed by atoms with E-state index in [2.05, 4.69) is 15.5 Å². The molecule has 34 heavy (non-hydrogen) atoms. The van der Waals surface area contributed by atoms with Crippen molar-refractivity contribution >= 4 is 17.3 Å². The van der Waals surface area contributed by atoms with Crippen LogP contribution in [0.2, 0.25) is 0 Å². The van der Waals surface area contributed by atoms with E-state index in [1.165, 1.54) is 12.1 Å². The lowest BCUT2D eigenvalue weighted by Crippen LogP contribution is -2.46. The minimum Gasteiger partial charge on any atom is -0.497 e. The molecule has 0 aliphatic carbocycles. The van der Waals surface area contributed by atoms with Crippen molar-refractivity contribution in [3.63, 3.8) is 0 Å². The molecule has 0 bridgehead atoms. The topological polar surface area (TPSA) is 80.5 Å². The molecule has 5 rings (SSSR count). The zero-order valence-electron chi connectivity index (χ0n) is 18.5. The number of hydrogen-bond acceptors (Lipinski definition) is 5. The predicted molar refractivity (Wildman–Crippen MR) is 125 cm³/mol. The second kappa shape index (κ2) is 8.82. The molecule has 1 unspecified atom stereocenters. The summed E-state index contributed by atoms with van der Waals surface area (Å²) in [6, 6.07) is 21.9. The van der Waals surface area contributed by atoms with Crippen molar-refractivity contribution in [1.29, 1.82) is 0 Å². The molecule has 3 aromatic carbocycles. The van der Waals surface area contributed by atoms with E-state index in [-0.39, 0.29) is 17.7 Å². The van der Waals surface area contributed by atoms with E-state index in [0.29, 0.717) is 28.3 Å². The number of allylic oxidation sites excluding steroid dienone is 1. The van der Waals surface area contributed by atoms with E-state index < -0.39 is 11.9 Å². The highest BCUT2D eigenvalue weighted by atomic mass is 19.1. The number of ether oxygens (including phenoxy) is 1. The van der Waals surface area contributed by atoms with Gasteiger partial charge in [-0.05, 0) is 48.9 Å². The molecule has 8 heteroatoms. The lowest BCUT2D eigenvalue weighted by molar-refractivity contribution is 0.244. The summed E-state index contributed by atoms with van der Waals surface area (Å²) in [5, 5.41) is 7.13. The molecule has 0 radical (unpaired) electrons. The Morgan fingerprint density at radius 2 is 1.79 bits per heavy atom. The largest absolute Gasteiger partial charge is 0.497 e. The van der Waals surface area contributed by atoms with Gasteiger partial charge in [-0.3, -0.25) is 4.90 Å². The average molecular weight is 456 g/mol. The number of benzene rings is 3. The second-order valence-corrected chi connectivity index (χ2v) is 7.76. The number of carbonyl (C=O) groups excluding carboxylic acids is 1. The molecule has 1 aliphatic heterocycles. The zero-order valence-corrected chi connectivity index (χ0v) is 18.5. The SMILES string of the molecule is COc1ccc(N2C(=O)NC(c3ccccc3)C(c3nc(-c4cccc(F)c4)no3)=C2C)cc1. The van der Waals surface area contributed by atoms with Crippen LogP contribution in [-0.2, 0) is 0 Å². The first-order valence-electron chi connectivity index (χ1n) is 10.7. The second-order valence-electron chi connectivity index (χ2n) is 7.76. The predicted octanol–water partition coefficient (Wildman–Crippen LogP) is 5.59. The van der Waals surface area contributed by atoms with Crippen molar-refractivity contribution < 1.29 is 18.4 Å². The summed E-state index contributed by atoms with van der Waals surface area (Å²) in [6.45, 7) is 1.83. The van der Waals surface area contributed by atoms with Gasteiger partial charge in [-0.25, -0.2) is 9.18 Å². The summed E-state index contributed by atoms with van der Waals surface area (Å²) in [4.78, 5) is 19.3. The van der Waals surface area contributed by atoms with Gasteiger partial charge < -0.3 is 14.6 Å². The van der Waals surface area contributed by atoms with Crippen molar-refractivity contribution in [2.75, 3.05) is 12.0 Å². The van der Waals surface area contributed by atoms with E-state index in [9.17, 15) is 9.18 Å². The van der Waals surface area contributed by atoms with Crippen molar-refractivity contribution in [3.05, 3.63) is 102 Å². The Morgan fingerprint density at radius 3 is 2.50 bits per heavy atom. The molecule has 2 heterocycles. The van der Waals surface area contributed by atoms with Crippen LogP contribution in [0.4, 0.5) is 14.9 Å². The number of nitrogens with zero attached hydrogens (tertiary/aromatic N) is 3. The maximum absolute atomic E-state index is 13.7. The van der Waals surface area contributed by atoms with Crippen LogP contribution in [0.3, 0.4) is 0 Å². The zero-order chi connectivity index (χ0) is 23.7. The van der Waals surface area contributed by atoms with E-state index in [1.54, 1.807) is 48.4 Å². The monoisotopic (exact) mass is 456 g/mol. The number of aromatic nitrogens is 2. The number of carbonyl (C=O) groups is 1. The minimum absolute atomic E-state index is 0.240. The molecule has 1 aromatic heterocycles. The van der Waals surface area contributed by atoms with Gasteiger partial charge in [0.2, 0.25) is 5.82 Å². The van der Waals surface area contributed by atoms with Gasteiger partial charge in [0.1, 0.15) is 11.6 Å². The van der Waals surface area contributed by atoms with Gasteiger partial charge in [0.15, 0.2) is 0 Å². The number of urea groups is 1. The highest BCUT2D eigenvalue weighted by Gasteiger charge is 2.36. The fourth-order valence-electron chi connectivity index (χ4n) is 4.04. The Kier molecular flexibility index (Phi) is 5.55. The lowest BCUT2D eigenvalue weighted by Gasteiger charge is -2.35. The fourth-order valence-corrected chi connectivity index (χ4v) is 4.04. The van der Waals surface area contributed by atoms with E-state index >= 15 is 0 Å². The number of methoxy groups -OCH3 is 1. The smallest absolute Gasteiger partial charge is 0.326 e. The number of nitrogens with one attached hydrogen (secondary N) is 1. The quantitative estimate of drug-likeness (QED) is 0.424. The van der Waals surface area contributed by atoms with Crippen LogP contribution in [0.1, 0.15) is 24.4 Å². The molecule has 0 fully saturated rings. The standard InChI is InChI=1S/C26H21FN4O3/c1-16-22(25-29-24(30-34-25)18-9-6-10-19(27)15-18)23(17-7-4-3-5-8-17)28-26(32)31(16)20-11-13-21(33-2)14-12-20/h3-15,23H,1-2H3,(H,28,32). The van der Waals surface area contributed by atoms with E-state index in [1.807, 2.05) is 37.3 Å². The van der Waals surface area contributed by atoms with Gasteiger partial charge >= 0.3 is 6.03 Å². The first-order valence-corrected chi connectivity index (χ1v) is 10.7. The lowest BCUT2D eigenvalue weighted by atomic mass is 9.94. The van der Waals surface area contributed by atoms with Crippen LogP contribution < -0.4 is 15.0 Å². The minimum atomic E-state index is -0.510. The summed E-state index contributed by atoms with van der Waals surface area (Å²) in [6.07, 6.45) is 0. The summed E-state index contributed by atoms with van der Waals surface area (Å²) in [5.74, 6) is 0.789. The third kappa shape index (κ3) is 3.90. The highest BCUT2D eigenvalue weighted by Crippen LogP contribution is 2.39. The Morgan fingerprint density at radius 1 is 1.03 bits per heavy atom. The van der Waals surface area contributed by atoms with Crippen LogP contribution >= 0.6 is 0 Å². The molecular weight excluding hydrogens is 435 g/mol. The first kappa shape index (κ1) is 21.4. The molecule has 1 aliphatic rings. The van der Waals surface area contributed by atoms with Gasteiger partial charge in [0, 0.05) is 11.3 Å². The van der Waals surface area contributed by atoms with Gasteiger partial charge in [0.05, 0.1) is 24.4 Å². The van der Waals surface area contributed by atoms with Crippen LogP contribution in [0, 0.1) is 5.82 Å². The third-order valence-corrected chi connectivity index (χ3v) is 5.69. The average Bonchev–Trinajstić information content (AvgIpc) is 3.34. The summed E-state index contributed by atoms with van der Waals surface area (Å²) >= 11 is 0. The van der Waals surface area contributed by atoms with Crippen molar-refractivity contribution in [1.82, 2.24) is 15.5 Å². The Bertz CT molecular complexity index is 1370. The maximum Gasteiger partial charge on any atom is 0.326 e. The molecule has 0 spiro atoms. The summed E-state index contributed by atoms with van der Waals surface area (Å²) < 4.78 is 24.6. The van der Waals surface area contributed by atoms with Crippen LogP contribution in [0.5, 0.6) is 5.75 Å².